The average molecular weight is 423 g/mol. The zero-order chi connectivity index (χ0) is 20.6. The van der Waals surface area contributed by atoms with Crippen LogP contribution in [0.5, 0.6) is 5.75 Å². The minimum absolute atomic E-state index is 0.0123. The summed E-state index contributed by atoms with van der Waals surface area (Å²) in [5.41, 5.74) is 2.42. The highest BCUT2D eigenvalue weighted by atomic mass is 35.5. The molecule has 6 nitrogen and oxygen atoms in total. The third kappa shape index (κ3) is 2.28. The van der Waals surface area contributed by atoms with E-state index in [-0.39, 0.29) is 47.5 Å². The first-order valence-electron chi connectivity index (χ1n) is 10.1. The third-order valence-electron chi connectivity index (χ3n) is 7.16. The normalized spacial score (nSPS) is 33.4. The van der Waals surface area contributed by atoms with Crippen LogP contribution in [-0.4, -0.2) is 30.7 Å². The van der Waals surface area contributed by atoms with Crippen molar-refractivity contribution in [2.75, 3.05) is 12.0 Å². The number of anilines is 1. The van der Waals surface area contributed by atoms with E-state index in [0.717, 1.165) is 17.7 Å². The highest BCUT2D eigenvalue weighted by molar-refractivity contribution is 6.30. The average Bonchev–Trinajstić information content (AvgIpc) is 3.49. The maximum atomic E-state index is 13.4. The van der Waals surface area contributed by atoms with Crippen molar-refractivity contribution in [2.45, 2.75) is 12.5 Å². The minimum atomic E-state index is -0.328. The molecule has 4 aliphatic rings. The monoisotopic (exact) mass is 422 g/mol. The van der Waals surface area contributed by atoms with Crippen molar-refractivity contribution in [3.8, 4) is 5.75 Å². The minimum Gasteiger partial charge on any atom is -0.497 e. The number of benzene rings is 2. The van der Waals surface area contributed by atoms with Crippen molar-refractivity contribution in [1.29, 1.82) is 0 Å². The fourth-order valence-corrected chi connectivity index (χ4v) is 6.10. The first kappa shape index (κ1) is 18.0. The number of halogens is 1. The number of fused-ring (bicyclic) bond motifs is 8. The lowest BCUT2D eigenvalue weighted by Gasteiger charge is -2.29. The van der Waals surface area contributed by atoms with Gasteiger partial charge in [-0.1, -0.05) is 28.9 Å². The quantitative estimate of drug-likeness (QED) is 0.710. The van der Waals surface area contributed by atoms with E-state index in [2.05, 4.69) is 5.16 Å². The molecule has 2 aromatic rings. The molecule has 0 radical (unpaired) electrons. The van der Waals surface area contributed by atoms with Crippen LogP contribution >= 0.6 is 11.6 Å². The standard InChI is InChI=1S/C23H19ClN2O4/c1-29-14-8-6-13(7-9-14)26-22(27)17-15-10-16(18(17)23(26)28)21-19(15)20(25-30-21)11-2-4-12(24)5-3-11/h2-9,15-19,21H,10H2,1H3/t15-,16-,17+,18-,19-,21-/m1/s1. The van der Waals surface area contributed by atoms with E-state index in [9.17, 15) is 9.59 Å². The molecule has 0 N–H and O–H groups in total. The Morgan fingerprint density at radius 3 is 2.30 bits per heavy atom. The first-order valence-corrected chi connectivity index (χ1v) is 10.5. The van der Waals surface area contributed by atoms with Gasteiger partial charge >= 0.3 is 0 Å². The van der Waals surface area contributed by atoms with Gasteiger partial charge in [0.15, 0.2) is 0 Å². The van der Waals surface area contributed by atoms with Crippen LogP contribution in [0.1, 0.15) is 12.0 Å². The van der Waals surface area contributed by atoms with E-state index in [1.807, 2.05) is 24.3 Å². The summed E-state index contributed by atoms with van der Waals surface area (Å²) in [5.74, 6) is -0.0847. The Kier molecular flexibility index (Phi) is 3.78. The largest absolute Gasteiger partial charge is 0.497 e. The van der Waals surface area contributed by atoms with Crippen LogP contribution in [0.2, 0.25) is 5.02 Å². The number of rotatable bonds is 3. The van der Waals surface area contributed by atoms with Crippen LogP contribution in [0.25, 0.3) is 0 Å². The smallest absolute Gasteiger partial charge is 0.238 e. The maximum absolute atomic E-state index is 13.4. The molecule has 6 rings (SSSR count). The van der Waals surface area contributed by atoms with Crippen LogP contribution in [0, 0.1) is 29.6 Å². The van der Waals surface area contributed by atoms with Gasteiger partial charge in [-0.15, -0.1) is 0 Å². The van der Waals surface area contributed by atoms with Crippen LogP contribution in [0.4, 0.5) is 5.69 Å². The molecule has 0 unspecified atom stereocenters. The second kappa shape index (κ2) is 6.32. The maximum Gasteiger partial charge on any atom is 0.238 e. The van der Waals surface area contributed by atoms with Gasteiger partial charge in [-0.3, -0.25) is 14.5 Å². The SMILES string of the molecule is COc1ccc(N2C(=O)[C@@H]3[C@H]4C[C@@H]([C@@H]5C(c6ccc(Cl)cc6)=NO[C@H]45)[C@@H]3C2=O)cc1. The Labute approximate surface area is 178 Å². The van der Waals surface area contributed by atoms with Gasteiger partial charge in [0, 0.05) is 16.9 Å². The van der Waals surface area contributed by atoms with Crippen molar-refractivity contribution in [2.24, 2.45) is 34.7 Å². The van der Waals surface area contributed by atoms with E-state index in [1.165, 1.54) is 4.90 Å². The number of imide groups is 1. The first-order chi connectivity index (χ1) is 14.6. The van der Waals surface area contributed by atoms with Gasteiger partial charge in [-0.05, 0) is 54.3 Å². The third-order valence-corrected chi connectivity index (χ3v) is 7.41. The number of methoxy groups -OCH3 is 1. The second-order valence-electron chi connectivity index (χ2n) is 8.40. The van der Waals surface area contributed by atoms with Gasteiger partial charge < -0.3 is 9.57 Å². The number of oxime groups is 1. The van der Waals surface area contributed by atoms with Crippen molar-refractivity contribution >= 4 is 34.8 Å². The zero-order valence-electron chi connectivity index (χ0n) is 16.2. The predicted octanol–water partition coefficient (Wildman–Crippen LogP) is 3.52. The highest BCUT2D eigenvalue weighted by Gasteiger charge is 2.70. The number of nitrogens with zero attached hydrogens (tertiary/aromatic N) is 2. The molecule has 2 saturated carbocycles. The van der Waals surface area contributed by atoms with Crippen molar-refractivity contribution in [3.63, 3.8) is 0 Å². The molecule has 152 valence electrons. The Hall–Kier alpha value is -2.86. The van der Waals surface area contributed by atoms with Crippen molar-refractivity contribution in [3.05, 3.63) is 59.1 Å². The number of carbonyl (C=O) groups is 2. The molecule has 7 heteroatoms. The number of ether oxygens (including phenoxy) is 1. The van der Waals surface area contributed by atoms with Crippen LogP contribution in [0.15, 0.2) is 53.7 Å². The lowest BCUT2D eigenvalue weighted by atomic mass is 9.71. The Bertz CT molecular complexity index is 1080. The van der Waals surface area contributed by atoms with Crippen LogP contribution < -0.4 is 9.64 Å². The fraction of sp³-hybridized carbons (Fsp3) is 0.348. The topological polar surface area (TPSA) is 68.2 Å². The summed E-state index contributed by atoms with van der Waals surface area (Å²) in [6.07, 6.45) is 0.681. The number of hydrogen-bond acceptors (Lipinski definition) is 5. The van der Waals surface area contributed by atoms with Gasteiger partial charge in [0.2, 0.25) is 11.8 Å². The Morgan fingerprint density at radius 1 is 0.967 bits per heavy atom. The summed E-state index contributed by atoms with van der Waals surface area (Å²) < 4.78 is 5.19. The Morgan fingerprint density at radius 2 is 1.63 bits per heavy atom. The van der Waals surface area contributed by atoms with Gasteiger partial charge in [-0.2, -0.15) is 0 Å². The second-order valence-corrected chi connectivity index (χ2v) is 8.84. The molecule has 2 heterocycles. The summed E-state index contributed by atoms with van der Waals surface area (Å²) in [6.45, 7) is 0. The molecule has 3 fully saturated rings. The molecular formula is C23H19ClN2O4. The summed E-state index contributed by atoms with van der Waals surface area (Å²) in [6, 6.07) is 14.6. The van der Waals surface area contributed by atoms with E-state index in [1.54, 1.807) is 31.4 Å². The lowest BCUT2D eigenvalue weighted by molar-refractivity contribution is -0.125. The molecular weight excluding hydrogens is 404 g/mol. The summed E-state index contributed by atoms with van der Waals surface area (Å²) in [5, 5.41) is 5.02. The molecule has 2 aliphatic carbocycles. The van der Waals surface area contributed by atoms with Gasteiger partial charge in [0.1, 0.15) is 11.9 Å². The van der Waals surface area contributed by atoms with Gasteiger partial charge in [0.05, 0.1) is 30.3 Å². The van der Waals surface area contributed by atoms with Crippen LogP contribution in [-0.2, 0) is 14.4 Å². The Balaban J connectivity index is 1.33. The fourth-order valence-electron chi connectivity index (χ4n) is 5.97. The van der Waals surface area contributed by atoms with Gasteiger partial charge in [0.25, 0.3) is 0 Å². The number of amides is 2. The number of hydrogen-bond donors (Lipinski definition) is 0. The number of carbonyl (C=O) groups excluding carboxylic acids is 2. The molecule has 2 aliphatic heterocycles. The molecule has 0 spiro atoms. The molecule has 2 aromatic carbocycles. The van der Waals surface area contributed by atoms with Crippen LogP contribution in [0.3, 0.4) is 0 Å². The van der Waals surface area contributed by atoms with Gasteiger partial charge in [-0.25, -0.2) is 0 Å². The molecule has 1 saturated heterocycles. The lowest BCUT2D eigenvalue weighted by Crippen LogP contribution is -2.41. The van der Waals surface area contributed by atoms with Crippen molar-refractivity contribution < 1.29 is 19.2 Å². The molecule has 2 bridgehead atoms. The molecule has 6 atom stereocenters. The predicted molar refractivity (Wildman–Crippen MR) is 110 cm³/mol. The highest BCUT2D eigenvalue weighted by Crippen LogP contribution is 2.62. The molecule has 0 aromatic heterocycles. The summed E-state index contributed by atoms with van der Waals surface area (Å²) >= 11 is 6.03. The van der Waals surface area contributed by atoms with E-state index in [0.29, 0.717) is 16.5 Å². The van der Waals surface area contributed by atoms with E-state index in [4.69, 9.17) is 21.2 Å². The van der Waals surface area contributed by atoms with Crippen molar-refractivity contribution in [1.82, 2.24) is 0 Å². The zero-order valence-corrected chi connectivity index (χ0v) is 17.0. The summed E-state index contributed by atoms with van der Waals surface area (Å²) in [4.78, 5) is 33.9. The summed E-state index contributed by atoms with van der Waals surface area (Å²) in [7, 11) is 1.59. The van der Waals surface area contributed by atoms with E-state index < -0.39 is 0 Å². The van der Waals surface area contributed by atoms with E-state index >= 15 is 0 Å². The molecule has 2 amide bonds. The molecule has 30 heavy (non-hydrogen) atoms.